The summed E-state index contributed by atoms with van der Waals surface area (Å²) in [7, 11) is 0. The van der Waals surface area contributed by atoms with Crippen LogP contribution in [-0.4, -0.2) is 54.1 Å². The molecular formula is C30H34N4. The van der Waals surface area contributed by atoms with Crippen LogP contribution >= 0.6 is 0 Å². The molecule has 0 atom stereocenters. The van der Waals surface area contributed by atoms with Crippen molar-refractivity contribution in [2.24, 2.45) is 0 Å². The van der Waals surface area contributed by atoms with Crippen molar-refractivity contribution < 1.29 is 0 Å². The Hall–Kier alpha value is -3.21. The van der Waals surface area contributed by atoms with E-state index in [9.17, 15) is 0 Å². The Balaban J connectivity index is 1.20. The molecule has 0 saturated carbocycles. The van der Waals surface area contributed by atoms with Crippen molar-refractivity contribution in [2.45, 2.75) is 20.0 Å². The molecule has 34 heavy (non-hydrogen) atoms. The molecule has 174 valence electrons. The Morgan fingerprint density at radius 1 is 0.765 bits per heavy atom. The molecule has 1 fully saturated rings. The minimum absolute atomic E-state index is 0.984. The lowest BCUT2D eigenvalue weighted by Crippen LogP contribution is -2.48. The molecule has 0 radical (unpaired) electrons. The molecule has 1 aliphatic rings. The molecule has 4 heteroatoms. The Morgan fingerprint density at radius 2 is 1.41 bits per heavy atom. The minimum atomic E-state index is 0.984. The lowest BCUT2D eigenvalue weighted by atomic mass is 10.1. The van der Waals surface area contributed by atoms with Gasteiger partial charge in [0, 0.05) is 69.6 Å². The van der Waals surface area contributed by atoms with E-state index >= 15 is 0 Å². The molecule has 0 unspecified atom stereocenters. The molecule has 0 spiro atoms. The van der Waals surface area contributed by atoms with E-state index in [-0.39, 0.29) is 0 Å². The van der Waals surface area contributed by atoms with Gasteiger partial charge in [0.1, 0.15) is 0 Å². The van der Waals surface area contributed by atoms with Gasteiger partial charge in [-0.25, -0.2) is 0 Å². The molecule has 4 aromatic rings. The van der Waals surface area contributed by atoms with Crippen molar-refractivity contribution in [1.82, 2.24) is 14.8 Å². The number of rotatable bonds is 8. The number of aryl methyl sites for hydroxylation is 1. The Bertz CT molecular complexity index is 1140. The zero-order valence-electron chi connectivity index (χ0n) is 20.1. The third kappa shape index (κ3) is 5.64. The molecule has 5 rings (SSSR count). The Kier molecular flexibility index (Phi) is 7.18. The third-order valence-corrected chi connectivity index (χ3v) is 6.82. The monoisotopic (exact) mass is 450 g/mol. The Morgan fingerprint density at radius 3 is 2.06 bits per heavy atom. The van der Waals surface area contributed by atoms with Gasteiger partial charge >= 0.3 is 0 Å². The van der Waals surface area contributed by atoms with E-state index in [4.69, 9.17) is 0 Å². The van der Waals surface area contributed by atoms with Gasteiger partial charge < -0.3 is 4.90 Å². The first-order valence-corrected chi connectivity index (χ1v) is 12.4. The molecule has 0 amide bonds. The van der Waals surface area contributed by atoms with Crippen LogP contribution in [-0.2, 0) is 13.1 Å². The van der Waals surface area contributed by atoms with E-state index in [1.807, 2.05) is 6.20 Å². The van der Waals surface area contributed by atoms with Gasteiger partial charge in [-0.05, 0) is 35.7 Å². The lowest BCUT2D eigenvalue weighted by molar-refractivity contribution is 0.186. The molecule has 1 aliphatic heterocycles. The highest BCUT2D eigenvalue weighted by atomic mass is 15.3. The van der Waals surface area contributed by atoms with E-state index in [1.54, 1.807) is 0 Å². The summed E-state index contributed by atoms with van der Waals surface area (Å²) in [4.78, 5) is 12.3. The molecule has 0 bridgehead atoms. The van der Waals surface area contributed by atoms with Gasteiger partial charge in [-0.1, -0.05) is 72.8 Å². The van der Waals surface area contributed by atoms with Crippen LogP contribution < -0.4 is 4.90 Å². The molecule has 0 aliphatic carbocycles. The van der Waals surface area contributed by atoms with Crippen LogP contribution in [0.2, 0.25) is 0 Å². The van der Waals surface area contributed by atoms with Crippen molar-refractivity contribution in [2.75, 3.05) is 44.2 Å². The van der Waals surface area contributed by atoms with Gasteiger partial charge in [-0.15, -0.1) is 0 Å². The predicted octanol–water partition coefficient (Wildman–Crippen LogP) is 5.37. The summed E-state index contributed by atoms with van der Waals surface area (Å²) in [5.74, 6) is 0. The summed E-state index contributed by atoms with van der Waals surface area (Å²) < 4.78 is 0. The molecule has 1 saturated heterocycles. The molecule has 4 nitrogen and oxygen atoms in total. The first-order chi connectivity index (χ1) is 16.7. The maximum atomic E-state index is 4.59. The number of piperazine rings is 1. The average Bonchev–Trinajstić information content (AvgIpc) is 2.88. The number of aromatic nitrogens is 1. The number of benzene rings is 3. The molecule has 2 heterocycles. The van der Waals surface area contributed by atoms with E-state index in [2.05, 4.69) is 112 Å². The van der Waals surface area contributed by atoms with Crippen molar-refractivity contribution >= 4 is 16.6 Å². The first-order valence-electron chi connectivity index (χ1n) is 12.4. The normalized spacial score (nSPS) is 14.7. The highest BCUT2D eigenvalue weighted by molar-refractivity contribution is 5.91. The van der Waals surface area contributed by atoms with Gasteiger partial charge in [0.2, 0.25) is 0 Å². The van der Waals surface area contributed by atoms with Gasteiger partial charge in [0.25, 0.3) is 0 Å². The third-order valence-electron chi connectivity index (χ3n) is 6.82. The second kappa shape index (κ2) is 10.8. The minimum Gasteiger partial charge on any atom is -0.368 e. The van der Waals surface area contributed by atoms with Crippen molar-refractivity contribution in [3.8, 4) is 0 Å². The van der Waals surface area contributed by atoms with E-state index in [0.717, 1.165) is 57.9 Å². The summed E-state index contributed by atoms with van der Waals surface area (Å²) in [5.41, 5.74) is 6.43. The first kappa shape index (κ1) is 22.6. The maximum absolute atomic E-state index is 4.59. The zero-order valence-corrected chi connectivity index (χ0v) is 20.1. The van der Waals surface area contributed by atoms with Crippen molar-refractivity contribution in [3.63, 3.8) is 0 Å². The van der Waals surface area contributed by atoms with Crippen molar-refractivity contribution in [1.29, 1.82) is 0 Å². The second-order valence-corrected chi connectivity index (χ2v) is 9.36. The molecule has 0 N–H and O–H groups in total. The SMILES string of the molecule is Cc1ccc2c(N3CCN(CCN(Cc4ccccc4)Cc4ccccc4)CC3)ccnc2c1. The quantitative estimate of drug-likeness (QED) is 0.360. The highest BCUT2D eigenvalue weighted by Crippen LogP contribution is 2.27. The van der Waals surface area contributed by atoms with Gasteiger partial charge in [0.05, 0.1) is 5.52 Å². The summed E-state index contributed by atoms with van der Waals surface area (Å²) in [6, 6.07) is 30.5. The van der Waals surface area contributed by atoms with Crippen LogP contribution in [0.25, 0.3) is 10.9 Å². The van der Waals surface area contributed by atoms with Crippen LogP contribution in [0.15, 0.2) is 91.1 Å². The summed E-state index contributed by atoms with van der Waals surface area (Å²) in [6.45, 7) is 10.6. The summed E-state index contributed by atoms with van der Waals surface area (Å²) in [6.07, 6.45) is 1.95. The largest absolute Gasteiger partial charge is 0.368 e. The van der Waals surface area contributed by atoms with Gasteiger partial charge in [-0.3, -0.25) is 14.8 Å². The number of pyridine rings is 1. The van der Waals surface area contributed by atoms with Crippen LogP contribution in [0.4, 0.5) is 5.69 Å². The van der Waals surface area contributed by atoms with Gasteiger partial charge in [0.15, 0.2) is 0 Å². The van der Waals surface area contributed by atoms with E-state index in [1.165, 1.54) is 27.8 Å². The molecular weight excluding hydrogens is 416 g/mol. The van der Waals surface area contributed by atoms with Crippen molar-refractivity contribution in [3.05, 3.63) is 108 Å². The predicted molar refractivity (Wildman–Crippen MR) is 142 cm³/mol. The molecule has 1 aromatic heterocycles. The number of hydrogen-bond donors (Lipinski definition) is 0. The van der Waals surface area contributed by atoms with Crippen LogP contribution in [0, 0.1) is 6.92 Å². The maximum Gasteiger partial charge on any atom is 0.0725 e. The second-order valence-electron chi connectivity index (χ2n) is 9.36. The van der Waals surface area contributed by atoms with Gasteiger partial charge in [-0.2, -0.15) is 0 Å². The number of hydrogen-bond acceptors (Lipinski definition) is 4. The van der Waals surface area contributed by atoms with Crippen LogP contribution in [0.5, 0.6) is 0 Å². The molecule has 3 aromatic carbocycles. The fourth-order valence-electron chi connectivity index (χ4n) is 4.91. The fraction of sp³-hybridized carbons (Fsp3) is 0.300. The van der Waals surface area contributed by atoms with E-state index < -0.39 is 0 Å². The number of nitrogens with zero attached hydrogens (tertiary/aromatic N) is 4. The summed E-state index contributed by atoms with van der Waals surface area (Å²) in [5, 5.41) is 1.26. The number of anilines is 1. The smallest absolute Gasteiger partial charge is 0.0725 e. The van der Waals surface area contributed by atoms with Crippen LogP contribution in [0.1, 0.15) is 16.7 Å². The standard InChI is InChI=1S/C30H34N4/c1-25-12-13-28-29(22-25)31-15-14-30(28)34-20-18-32(19-21-34)16-17-33(23-26-8-4-2-5-9-26)24-27-10-6-3-7-11-27/h2-15,22H,16-21,23-24H2,1H3. The Labute approximate surface area is 203 Å². The van der Waals surface area contributed by atoms with Crippen LogP contribution in [0.3, 0.4) is 0 Å². The number of fused-ring (bicyclic) bond motifs is 1. The summed E-state index contributed by atoms with van der Waals surface area (Å²) >= 11 is 0. The zero-order chi connectivity index (χ0) is 23.2. The lowest BCUT2D eigenvalue weighted by Gasteiger charge is -2.37. The fourth-order valence-corrected chi connectivity index (χ4v) is 4.91. The average molecular weight is 451 g/mol. The topological polar surface area (TPSA) is 22.6 Å². The van der Waals surface area contributed by atoms with E-state index in [0.29, 0.717) is 0 Å². The highest BCUT2D eigenvalue weighted by Gasteiger charge is 2.19.